The van der Waals surface area contributed by atoms with Gasteiger partial charge in [-0.2, -0.15) is 0 Å². The van der Waals surface area contributed by atoms with Crippen LogP contribution in [0.4, 0.5) is 4.39 Å². The number of fused-ring (bicyclic) bond motifs is 1. The second-order valence-electron chi connectivity index (χ2n) is 8.08. The highest BCUT2D eigenvalue weighted by Gasteiger charge is 2.25. The van der Waals surface area contributed by atoms with Crippen LogP contribution in [0, 0.1) is 5.82 Å². The molecule has 3 heterocycles. The minimum atomic E-state index is -0.308. The highest BCUT2D eigenvalue weighted by atomic mass is 19.1. The first-order valence-electron chi connectivity index (χ1n) is 11.0. The van der Waals surface area contributed by atoms with Gasteiger partial charge in [0, 0.05) is 55.4 Å². The van der Waals surface area contributed by atoms with Crippen molar-refractivity contribution in [3.05, 3.63) is 78.2 Å². The van der Waals surface area contributed by atoms with Crippen LogP contribution >= 0.6 is 0 Å². The number of aromatic amines is 1. The van der Waals surface area contributed by atoms with E-state index >= 15 is 0 Å². The van der Waals surface area contributed by atoms with E-state index in [-0.39, 0.29) is 17.4 Å². The zero-order valence-corrected chi connectivity index (χ0v) is 18.2. The van der Waals surface area contributed by atoms with Gasteiger partial charge in [-0.05, 0) is 23.8 Å². The maximum Gasteiger partial charge on any atom is 0.276 e. The number of rotatable bonds is 7. The average Bonchev–Trinajstić information content (AvgIpc) is 3.50. The minimum absolute atomic E-state index is 0.221. The van der Waals surface area contributed by atoms with E-state index in [1.54, 1.807) is 11.0 Å². The van der Waals surface area contributed by atoms with Crippen molar-refractivity contribution in [2.75, 3.05) is 39.4 Å². The number of carbonyl (C=O) groups is 1. The molecule has 1 aliphatic heterocycles. The second kappa shape index (κ2) is 9.56. The number of nitrogens with one attached hydrogen (secondary N) is 1. The van der Waals surface area contributed by atoms with Crippen LogP contribution in [-0.2, 0) is 11.3 Å². The molecule has 1 aliphatic rings. The van der Waals surface area contributed by atoms with Gasteiger partial charge in [0.05, 0.1) is 13.2 Å². The lowest BCUT2D eigenvalue weighted by Crippen LogP contribution is -2.43. The van der Waals surface area contributed by atoms with Crippen LogP contribution < -0.4 is 0 Å². The Morgan fingerprint density at radius 2 is 1.97 bits per heavy atom. The molecule has 4 aromatic rings. The highest BCUT2D eigenvalue weighted by molar-refractivity contribution is 5.98. The van der Waals surface area contributed by atoms with Gasteiger partial charge in [0.1, 0.15) is 5.82 Å². The summed E-state index contributed by atoms with van der Waals surface area (Å²) >= 11 is 0. The third kappa shape index (κ3) is 4.67. The largest absolute Gasteiger partial charge is 0.443 e. The van der Waals surface area contributed by atoms with Crippen LogP contribution in [0.1, 0.15) is 16.1 Å². The van der Waals surface area contributed by atoms with E-state index < -0.39 is 0 Å². The molecule has 0 aliphatic carbocycles. The van der Waals surface area contributed by atoms with Crippen LogP contribution in [0.25, 0.3) is 22.2 Å². The molecule has 0 atom stereocenters. The molecule has 0 saturated carbocycles. The van der Waals surface area contributed by atoms with E-state index in [1.165, 1.54) is 18.5 Å². The average molecular weight is 448 g/mol. The number of halogens is 1. The van der Waals surface area contributed by atoms with Gasteiger partial charge >= 0.3 is 0 Å². The Bertz CT molecular complexity index is 1230. The summed E-state index contributed by atoms with van der Waals surface area (Å²) < 4.78 is 24.9. The van der Waals surface area contributed by atoms with Crippen molar-refractivity contribution in [3.8, 4) is 11.3 Å². The van der Waals surface area contributed by atoms with E-state index in [0.717, 1.165) is 35.1 Å². The molecule has 0 radical (unpaired) electrons. The number of ether oxygens (including phenoxy) is 1. The molecule has 1 N–H and O–H groups in total. The maximum absolute atomic E-state index is 13.9. The number of oxazole rings is 1. The van der Waals surface area contributed by atoms with Gasteiger partial charge in [-0.3, -0.25) is 9.69 Å². The first kappa shape index (κ1) is 21.4. The smallest absolute Gasteiger partial charge is 0.276 e. The number of morpholine rings is 1. The summed E-state index contributed by atoms with van der Waals surface area (Å²) in [5.74, 6) is -0.0824. The molecule has 2 aromatic heterocycles. The summed E-state index contributed by atoms with van der Waals surface area (Å²) in [6.45, 7) is 4.59. The number of hydrogen-bond acceptors (Lipinski definition) is 5. The van der Waals surface area contributed by atoms with E-state index in [9.17, 15) is 9.18 Å². The first-order chi connectivity index (χ1) is 16.2. The fourth-order valence-corrected chi connectivity index (χ4v) is 4.17. The maximum atomic E-state index is 13.9. The molecule has 8 heteroatoms. The van der Waals surface area contributed by atoms with Crippen molar-refractivity contribution in [2.24, 2.45) is 0 Å². The van der Waals surface area contributed by atoms with E-state index in [1.807, 2.05) is 36.5 Å². The zero-order chi connectivity index (χ0) is 22.6. The lowest BCUT2D eigenvalue weighted by atomic mass is 10.1. The monoisotopic (exact) mass is 448 g/mol. The topological polar surface area (TPSA) is 74.6 Å². The summed E-state index contributed by atoms with van der Waals surface area (Å²) in [7, 11) is 0. The molecule has 170 valence electrons. The molecule has 0 unspecified atom stereocenters. The Hall–Kier alpha value is -3.49. The fourth-order valence-electron chi connectivity index (χ4n) is 4.17. The van der Waals surface area contributed by atoms with Crippen LogP contribution in [-0.4, -0.2) is 65.1 Å². The molecule has 0 bridgehead atoms. The lowest BCUT2D eigenvalue weighted by Gasteiger charge is -2.30. The van der Waals surface area contributed by atoms with E-state index in [2.05, 4.69) is 14.9 Å². The molecule has 0 spiro atoms. The molecule has 7 nitrogen and oxygen atoms in total. The van der Waals surface area contributed by atoms with Gasteiger partial charge in [0.25, 0.3) is 5.91 Å². The molecular weight excluding hydrogens is 423 g/mol. The Labute approximate surface area is 190 Å². The van der Waals surface area contributed by atoms with Crippen molar-refractivity contribution in [2.45, 2.75) is 6.54 Å². The number of carbonyl (C=O) groups excluding carboxylic acids is 1. The molecule has 1 amide bonds. The number of H-pyrrole nitrogens is 1. The third-order valence-corrected chi connectivity index (χ3v) is 5.97. The molecule has 2 aromatic carbocycles. The normalized spacial score (nSPS) is 14.6. The summed E-state index contributed by atoms with van der Waals surface area (Å²) in [5.41, 5.74) is 2.75. The van der Waals surface area contributed by atoms with Gasteiger partial charge in [-0.15, -0.1) is 0 Å². The van der Waals surface area contributed by atoms with Crippen LogP contribution in [0.3, 0.4) is 0 Å². The lowest BCUT2D eigenvalue weighted by molar-refractivity contribution is 0.0320. The summed E-state index contributed by atoms with van der Waals surface area (Å²) in [4.78, 5) is 25.1. The predicted molar refractivity (Wildman–Crippen MR) is 122 cm³/mol. The Balaban J connectivity index is 1.44. The minimum Gasteiger partial charge on any atom is -0.443 e. The van der Waals surface area contributed by atoms with Crippen molar-refractivity contribution in [1.29, 1.82) is 0 Å². The predicted octanol–water partition coefficient (Wildman–Crippen LogP) is 3.94. The van der Waals surface area contributed by atoms with Crippen molar-refractivity contribution in [3.63, 3.8) is 0 Å². The van der Waals surface area contributed by atoms with Crippen LogP contribution in [0.5, 0.6) is 0 Å². The number of hydrogen-bond donors (Lipinski definition) is 1. The number of benzene rings is 2. The Morgan fingerprint density at radius 3 is 2.79 bits per heavy atom. The van der Waals surface area contributed by atoms with Crippen LogP contribution in [0.2, 0.25) is 0 Å². The Kier molecular flexibility index (Phi) is 6.19. The molecule has 5 rings (SSSR count). The summed E-state index contributed by atoms with van der Waals surface area (Å²) in [6, 6.07) is 14.1. The number of amides is 1. The Morgan fingerprint density at radius 1 is 1.15 bits per heavy atom. The second-order valence-corrected chi connectivity index (χ2v) is 8.08. The summed E-state index contributed by atoms with van der Waals surface area (Å²) in [6.07, 6.45) is 3.14. The van der Waals surface area contributed by atoms with Crippen molar-refractivity contribution in [1.82, 2.24) is 19.8 Å². The van der Waals surface area contributed by atoms with Crippen molar-refractivity contribution >= 4 is 16.8 Å². The van der Waals surface area contributed by atoms with Gasteiger partial charge in [0.2, 0.25) is 0 Å². The first-order valence-corrected chi connectivity index (χ1v) is 11.0. The van der Waals surface area contributed by atoms with Gasteiger partial charge in [-0.1, -0.05) is 30.3 Å². The quantitative estimate of drug-likeness (QED) is 0.464. The van der Waals surface area contributed by atoms with Gasteiger partial charge in [-0.25, -0.2) is 9.37 Å². The van der Waals surface area contributed by atoms with E-state index in [4.69, 9.17) is 9.15 Å². The highest BCUT2D eigenvalue weighted by Crippen LogP contribution is 2.26. The number of aromatic nitrogens is 2. The molecule has 1 saturated heterocycles. The molecule has 1 fully saturated rings. The van der Waals surface area contributed by atoms with E-state index in [0.29, 0.717) is 38.6 Å². The fraction of sp³-hybridized carbons (Fsp3) is 0.280. The van der Waals surface area contributed by atoms with Gasteiger partial charge < -0.3 is 19.0 Å². The zero-order valence-electron chi connectivity index (χ0n) is 18.2. The molecule has 33 heavy (non-hydrogen) atoms. The van der Waals surface area contributed by atoms with Crippen molar-refractivity contribution < 1.29 is 18.3 Å². The number of nitrogens with zero attached hydrogens (tertiary/aromatic N) is 3. The van der Waals surface area contributed by atoms with Gasteiger partial charge in [0.15, 0.2) is 17.8 Å². The third-order valence-electron chi connectivity index (χ3n) is 5.97. The van der Waals surface area contributed by atoms with Crippen LogP contribution in [0.15, 0.2) is 65.5 Å². The summed E-state index contributed by atoms with van der Waals surface area (Å²) in [5, 5.41) is 0.766. The standard InChI is InChI=1S/C25H25FN4O3/c26-20-6-7-22-21(14-20)19(15-27-22)16-30(9-8-29-10-12-32-13-11-29)25(31)23-24(33-17-28-23)18-4-2-1-3-5-18/h1-7,14-15,17,27H,8-13,16H2. The molecular formula is C25H25FN4O3. The SMILES string of the molecule is O=C(c1ncoc1-c1ccccc1)N(CCN1CCOCC1)Cc1c[nH]c2ccc(F)cc12.